The molecule has 1 aromatic rings. The van der Waals surface area contributed by atoms with Crippen molar-refractivity contribution in [1.82, 2.24) is 5.01 Å². The zero-order valence-electron chi connectivity index (χ0n) is 13.8. The van der Waals surface area contributed by atoms with Crippen molar-refractivity contribution in [1.29, 1.82) is 0 Å². The minimum absolute atomic E-state index is 0.392. The summed E-state index contributed by atoms with van der Waals surface area (Å²) in [5.74, 6) is 0.392. The number of hydrazone groups is 1. The van der Waals surface area contributed by atoms with E-state index >= 15 is 0 Å². The van der Waals surface area contributed by atoms with Gasteiger partial charge in [0, 0.05) is 42.6 Å². The summed E-state index contributed by atoms with van der Waals surface area (Å²) in [6, 6.07) is 11.1. The van der Waals surface area contributed by atoms with Crippen molar-refractivity contribution in [2.75, 3.05) is 18.0 Å². The number of nitrogens with zero attached hydrogens (tertiary/aromatic N) is 3. The van der Waals surface area contributed by atoms with Gasteiger partial charge in [0.15, 0.2) is 0 Å². The molecule has 0 aromatic heterocycles. The first-order valence-corrected chi connectivity index (χ1v) is 8.57. The number of benzene rings is 1. The number of hydrogen-bond donors (Lipinski definition) is 0. The number of para-hydroxylation sites is 1. The Morgan fingerprint density at radius 1 is 1.05 bits per heavy atom. The van der Waals surface area contributed by atoms with Crippen molar-refractivity contribution in [3.8, 4) is 0 Å². The molecule has 1 aromatic carbocycles. The fourth-order valence-electron chi connectivity index (χ4n) is 3.53. The zero-order valence-corrected chi connectivity index (χ0v) is 13.8. The third-order valence-electron chi connectivity index (χ3n) is 4.80. The van der Waals surface area contributed by atoms with Gasteiger partial charge in [-0.1, -0.05) is 37.1 Å². The fraction of sp³-hybridized carbons (Fsp3) is 0.526. The van der Waals surface area contributed by atoms with Crippen LogP contribution < -0.4 is 4.90 Å². The number of hydrogen-bond acceptors (Lipinski definition) is 3. The second kappa shape index (κ2) is 6.99. The number of rotatable bonds is 3. The van der Waals surface area contributed by atoms with Gasteiger partial charge < -0.3 is 4.90 Å². The van der Waals surface area contributed by atoms with Gasteiger partial charge in [-0.05, 0) is 38.8 Å². The minimum Gasteiger partial charge on any atom is -0.342 e. The van der Waals surface area contributed by atoms with Crippen LogP contribution in [0.5, 0.6) is 0 Å². The lowest BCUT2D eigenvalue weighted by atomic mass is 10.1. The summed E-state index contributed by atoms with van der Waals surface area (Å²) in [6.07, 6.45) is 9.77. The molecular weight excluding hydrogens is 270 g/mol. The zero-order chi connectivity index (χ0) is 15.4. The topological polar surface area (TPSA) is 18.8 Å². The van der Waals surface area contributed by atoms with Crippen molar-refractivity contribution in [2.24, 2.45) is 11.0 Å². The Hall–Kier alpha value is -1.77. The fourth-order valence-corrected chi connectivity index (χ4v) is 3.53. The van der Waals surface area contributed by atoms with E-state index in [9.17, 15) is 0 Å². The van der Waals surface area contributed by atoms with Crippen molar-refractivity contribution in [2.45, 2.75) is 45.6 Å². The third-order valence-corrected chi connectivity index (χ3v) is 4.80. The van der Waals surface area contributed by atoms with Gasteiger partial charge in [0.25, 0.3) is 0 Å². The van der Waals surface area contributed by atoms with Gasteiger partial charge in [0.05, 0.1) is 0 Å². The van der Waals surface area contributed by atoms with E-state index in [0.717, 1.165) is 13.1 Å². The van der Waals surface area contributed by atoms with Gasteiger partial charge in [-0.2, -0.15) is 5.10 Å². The Labute approximate surface area is 134 Å². The van der Waals surface area contributed by atoms with Crippen LogP contribution in [0.2, 0.25) is 0 Å². The second-order valence-electron chi connectivity index (χ2n) is 6.46. The summed E-state index contributed by atoms with van der Waals surface area (Å²) in [6.45, 7) is 6.72. The molecule has 0 aliphatic carbocycles. The molecule has 2 aliphatic heterocycles. The molecule has 0 saturated carbocycles. The van der Waals surface area contributed by atoms with Crippen LogP contribution in [0.1, 0.15) is 39.5 Å². The van der Waals surface area contributed by atoms with E-state index in [1.54, 1.807) is 0 Å². The van der Waals surface area contributed by atoms with E-state index in [-0.39, 0.29) is 0 Å². The normalized spacial score (nSPS) is 26.4. The smallest absolute Gasteiger partial charge is 0.0424 e. The van der Waals surface area contributed by atoms with Gasteiger partial charge in [-0.25, -0.2) is 0 Å². The van der Waals surface area contributed by atoms with E-state index in [1.807, 2.05) is 0 Å². The third kappa shape index (κ3) is 3.34. The molecule has 0 unspecified atom stereocenters. The highest BCUT2D eigenvalue weighted by Crippen LogP contribution is 2.31. The summed E-state index contributed by atoms with van der Waals surface area (Å²) < 4.78 is 0. The van der Waals surface area contributed by atoms with Crippen LogP contribution in [0.15, 0.2) is 47.2 Å². The summed E-state index contributed by atoms with van der Waals surface area (Å²) >= 11 is 0. The molecule has 3 rings (SSSR count). The molecule has 1 fully saturated rings. The first-order chi connectivity index (χ1) is 10.8. The molecule has 118 valence electrons. The molecule has 1 saturated heterocycles. The molecule has 2 aliphatic rings. The van der Waals surface area contributed by atoms with Gasteiger partial charge in [0.1, 0.15) is 0 Å². The molecule has 0 spiro atoms. The van der Waals surface area contributed by atoms with Crippen LogP contribution >= 0.6 is 0 Å². The van der Waals surface area contributed by atoms with E-state index in [0.29, 0.717) is 12.0 Å². The molecule has 0 N–H and O–H groups in total. The molecule has 3 heteroatoms. The Bertz CT molecular complexity index is 527. The van der Waals surface area contributed by atoms with E-state index in [2.05, 4.69) is 66.4 Å². The van der Waals surface area contributed by atoms with Crippen molar-refractivity contribution < 1.29 is 0 Å². The van der Waals surface area contributed by atoms with Crippen molar-refractivity contribution in [3.63, 3.8) is 0 Å². The maximum atomic E-state index is 4.78. The first-order valence-electron chi connectivity index (χ1n) is 8.57. The first kappa shape index (κ1) is 15.1. The molecule has 0 bridgehead atoms. The van der Waals surface area contributed by atoms with Crippen molar-refractivity contribution >= 4 is 11.9 Å². The minimum atomic E-state index is 0.392. The monoisotopic (exact) mass is 297 g/mol. The maximum absolute atomic E-state index is 4.78. The molecule has 2 heterocycles. The molecule has 22 heavy (non-hydrogen) atoms. The van der Waals surface area contributed by atoms with Crippen LogP contribution in [0.25, 0.3) is 0 Å². The SMILES string of the molecule is CC1=C[C@@H](/C=N/N2CCCCCC2)[C@H](C)N1c1ccccc1. The van der Waals surface area contributed by atoms with Crippen LogP contribution in [0.3, 0.4) is 0 Å². The average Bonchev–Trinajstić information content (AvgIpc) is 2.72. The highest BCUT2D eigenvalue weighted by atomic mass is 15.4. The second-order valence-corrected chi connectivity index (χ2v) is 6.46. The lowest BCUT2D eigenvalue weighted by molar-refractivity contribution is 0.300. The van der Waals surface area contributed by atoms with Gasteiger partial charge in [0.2, 0.25) is 0 Å². The lowest BCUT2D eigenvalue weighted by Gasteiger charge is -2.28. The largest absolute Gasteiger partial charge is 0.342 e. The molecule has 2 atom stereocenters. The Morgan fingerprint density at radius 3 is 2.41 bits per heavy atom. The predicted octanol–water partition coefficient (Wildman–Crippen LogP) is 4.28. The van der Waals surface area contributed by atoms with Gasteiger partial charge in [-0.3, -0.25) is 5.01 Å². The lowest BCUT2D eigenvalue weighted by Crippen LogP contribution is -2.31. The Morgan fingerprint density at radius 2 is 1.73 bits per heavy atom. The van der Waals surface area contributed by atoms with E-state index < -0.39 is 0 Å². The van der Waals surface area contributed by atoms with Crippen LogP contribution in [-0.2, 0) is 0 Å². The highest BCUT2D eigenvalue weighted by molar-refractivity contribution is 5.70. The summed E-state index contributed by atoms with van der Waals surface area (Å²) in [5.41, 5.74) is 2.60. The number of allylic oxidation sites excluding steroid dienone is 1. The summed E-state index contributed by atoms with van der Waals surface area (Å²) in [7, 11) is 0. The van der Waals surface area contributed by atoms with Crippen LogP contribution in [0, 0.1) is 5.92 Å². The Balaban J connectivity index is 1.68. The van der Waals surface area contributed by atoms with E-state index in [1.165, 1.54) is 37.1 Å². The van der Waals surface area contributed by atoms with Crippen molar-refractivity contribution in [3.05, 3.63) is 42.1 Å². The van der Waals surface area contributed by atoms with Crippen LogP contribution in [-0.4, -0.2) is 30.4 Å². The van der Waals surface area contributed by atoms with Gasteiger partial charge in [-0.15, -0.1) is 0 Å². The molecule has 0 radical (unpaired) electrons. The maximum Gasteiger partial charge on any atom is 0.0424 e. The van der Waals surface area contributed by atoms with Gasteiger partial charge >= 0.3 is 0 Å². The standard InChI is InChI=1S/C19H27N3/c1-16-14-18(15-20-21-12-8-3-4-9-13-21)17(2)22(16)19-10-6-5-7-11-19/h5-7,10-11,14-15,17-18H,3-4,8-9,12-13H2,1-2H3/b20-15+/t17-,18-/m0/s1. The molecular formula is C19H27N3. The molecule has 3 nitrogen and oxygen atoms in total. The van der Waals surface area contributed by atoms with Crippen LogP contribution in [0.4, 0.5) is 5.69 Å². The van der Waals surface area contributed by atoms with E-state index in [4.69, 9.17) is 5.10 Å². The molecule has 0 amide bonds. The summed E-state index contributed by atoms with van der Waals surface area (Å²) in [4.78, 5) is 2.42. The average molecular weight is 297 g/mol. The Kier molecular flexibility index (Phi) is 4.81. The quantitative estimate of drug-likeness (QED) is 0.776. The summed E-state index contributed by atoms with van der Waals surface area (Å²) in [5, 5.41) is 7.03. The highest BCUT2D eigenvalue weighted by Gasteiger charge is 2.29. The number of anilines is 1. The predicted molar refractivity (Wildman–Crippen MR) is 94.2 cm³/mol.